The fraction of sp³-hybridized carbons (Fsp3) is 0.143. The Balaban J connectivity index is 1.78. The molecule has 2 amide bonds. The van der Waals surface area contributed by atoms with E-state index in [1.54, 1.807) is 10.8 Å². The molecule has 1 atom stereocenters. The van der Waals surface area contributed by atoms with E-state index >= 15 is 0 Å². The molecule has 0 aliphatic carbocycles. The average molecular weight is 376 g/mol. The smallest absolute Gasteiger partial charge is 0.287 e. The highest BCUT2D eigenvalue weighted by Gasteiger charge is 2.27. The molecule has 0 aliphatic heterocycles. The zero-order valence-electron chi connectivity index (χ0n) is 15.1. The summed E-state index contributed by atoms with van der Waals surface area (Å²) < 4.78 is 1.68. The number of benzene rings is 2. The molecule has 3 aromatic rings. The maximum Gasteiger partial charge on any atom is 0.287 e. The van der Waals surface area contributed by atoms with Gasteiger partial charge in [0, 0.05) is 25.4 Å². The van der Waals surface area contributed by atoms with E-state index in [2.05, 4.69) is 10.3 Å². The van der Waals surface area contributed by atoms with Gasteiger partial charge in [-0.25, -0.2) is 4.98 Å². The molecular formula is C21H20N4O3. The van der Waals surface area contributed by atoms with Crippen LogP contribution >= 0.6 is 0 Å². The number of primary amides is 1. The summed E-state index contributed by atoms with van der Waals surface area (Å²) in [6.45, 7) is 0.455. The molecule has 1 heterocycles. The van der Waals surface area contributed by atoms with Crippen LogP contribution in [0.25, 0.3) is 0 Å². The summed E-state index contributed by atoms with van der Waals surface area (Å²) in [7, 11) is 0. The molecule has 0 saturated carbocycles. The molecule has 0 bridgehead atoms. The summed E-state index contributed by atoms with van der Waals surface area (Å²) in [5, 5.41) is 2.60. The predicted molar refractivity (Wildman–Crippen MR) is 103 cm³/mol. The number of imidazole rings is 1. The summed E-state index contributed by atoms with van der Waals surface area (Å²) in [5.41, 5.74) is 6.96. The number of rotatable bonds is 8. The van der Waals surface area contributed by atoms with Crippen molar-refractivity contribution >= 4 is 17.6 Å². The lowest BCUT2D eigenvalue weighted by Gasteiger charge is -2.17. The Morgan fingerprint density at radius 2 is 1.57 bits per heavy atom. The fourth-order valence-electron chi connectivity index (χ4n) is 2.88. The number of carbonyl (C=O) groups is 3. The number of amides is 2. The SMILES string of the molecule is NC(=O)C(=O)C(Cc1ccccc1)NC(=O)c1nccn1Cc1ccccc1. The number of nitrogens with two attached hydrogens (primary N) is 1. The number of ketones is 1. The van der Waals surface area contributed by atoms with Gasteiger partial charge in [-0.05, 0) is 11.1 Å². The van der Waals surface area contributed by atoms with Crippen molar-refractivity contribution < 1.29 is 14.4 Å². The number of nitrogens with zero attached hydrogens (tertiary/aromatic N) is 2. The maximum absolute atomic E-state index is 12.7. The Bertz CT molecular complexity index is 968. The standard InChI is InChI=1S/C21H20N4O3/c22-19(27)18(26)17(13-15-7-3-1-4-8-15)24-21(28)20-23-11-12-25(20)14-16-9-5-2-6-10-16/h1-12,17H,13-14H2,(H2,22,27)(H,24,28). The van der Waals surface area contributed by atoms with Gasteiger partial charge in [-0.1, -0.05) is 60.7 Å². The predicted octanol–water partition coefficient (Wildman–Crippen LogP) is 1.33. The van der Waals surface area contributed by atoms with Crippen molar-refractivity contribution in [3.63, 3.8) is 0 Å². The van der Waals surface area contributed by atoms with Crippen LogP contribution in [0, 0.1) is 0 Å². The molecule has 3 N–H and O–H groups in total. The van der Waals surface area contributed by atoms with Crippen LogP contribution in [0.3, 0.4) is 0 Å². The van der Waals surface area contributed by atoms with E-state index in [1.165, 1.54) is 6.20 Å². The molecule has 3 rings (SSSR count). The first-order chi connectivity index (χ1) is 13.5. The van der Waals surface area contributed by atoms with Crippen molar-refractivity contribution in [3.8, 4) is 0 Å². The summed E-state index contributed by atoms with van der Waals surface area (Å²) in [6.07, 6.45) is 3.36. The monoisotopic (exact) mass is 376 g/mol. The Morgan fingerprint density at radius 3 is 2.18 bits per heavy atom. The Hall–Kier alpha value is -3.74. The summed E-state index contributed by atoms with van der Waals surface area (Å²) in [6, 6.07) is 17.6. The minimum absolute atomic E-state index is 0.152. The first kappa shape index (κ1) is 19.0. The third kappa shape index (κ3) is 4.70. The number of Topliss-reactive ketones (excluding diaryl/α,β-unsaturated/α-hetero) is 1. The largest absolute Gasteiger partial charge is 0.363 e. The van der Waals surface area contributed by atoms with Crippen molar-refractivity contribution in [2.24, 2.45) is 5.73 Å². The van der Waals surface area contributed by atoms with Gasteiger partial charge in [0.1, 0.15) is 6.04 Å². The minimum atomic E-state index is -1.09. The second kappa shape index (κ2) is 8.77. The van der Waals surface area contributed by atoms with Crippen LogP contribution in [-0.2, 0) is 22.6 Å². The van der Waals surface area contributed by atoms with Gasteiger partial charge in [0.15, 0.2) is 5.82 Å². The van der Waals surface area contributed by atoms with E-state index in [9.17, 15) is 14.4 Å². The molecular weight excluding hydrogens is 356 g/mol. The van der Waals surface area contributed by atoms with E-state index in [-0.39, 0.29) is 12.2 Å². The topological polar surface area (TPSA) is 107 Å². The second-order valence-corrected chi connectivity index (χ2v) is 6.31. The van der Waals surface area contributed by atoms with Gasteiger partial charge in [-0.2, -0.15) is 0 Å². The van der Waals surface area contributed by atoms with Crippen LogP contribution in [0.2, 0.25) is 0 Å². The molecule has 1 aromatic heterocycles. The van der Waals surface area contributed by atoms with Gasteiger partial charge < -0.3 is 15.6 Å². The minimum Gasteiger partial charge on any atom is -0.363 e. The number of aromatic nitrogens is 2. The molecule has 0 spiro atoms. The van der Waals surface area contributed by atoms with Crippen molar-refractivity contribution in [1.29, 1.82) is 0 Å². The summed E-state index contributed by atoms with van der Waals surface area (Å²) >= 11 is 0. The van der Waals surface area contributed by atoms with Crippen LogP contribution in [0.4, 0.5) is 0 Å². The lowest BCUT2D eigenvalue weighted by atomic mass is 10.0. The lowest BCUT2D eigenvalue weighted by molar-refractivity contribution is -0.137. The van der Waals surface area contributed by atoms with Crippen LogP contribution in [-0.4, -0.2) is 33.2 Å². The van der Waals surface area contributed by atoms with E-state index < -0.39 is 23.6 Å². The van der Waals surface area contributed by atoms with Gasteiger partial charge >= 0.3 is 0 Å². The van der Waals surface area contributed by atoms with Gasteiger partial charge in [-0.3, -0.25) is 14.4 Å². The number of hydrogen-bond acceptors (Lipinski definition) is 4. The highest BCUT2D eigenvalue weighted by Crippen LogP contribution is 2.08. The Kier molecular flexibility index (Phi) is 5.96. The quantitative estimate of drug-likeness (QED) is 0.578. The first-order valence-corrected chi connectivity index (χ1v) is 8.78. The van der Waals surface area contributed by atoms with Crippen LogP contribution in [0.15, 0.2) is 73.1 Å². The third-order valence-electron chi connectivity index (χ3n) is 4.26. The molecule has 7 nitrogen and oxygen atoms in total. The molecule has 28 heavy (non-hydrogen) atoms. The Morgan fingerprint density at radius 1 is 0.964 bits per heavy atom. The summed E-state index contributed by atoms with van der Waals surface area (Å²) in [5.74, 6) is -2.33. The second-order valence-electron chi connectivity index (χ2n) is 6.31. The van der Waals surface area contributed by atoms with Crippen molar-refractivity contribution in [3.05, 3.63) is 90.0 Å². The van der Waals surface area contributed by atoms with Gasteiger partial charge in [0.2, 0.25) is 5.78 Å². The van der Waals surface area contributed by atoms with Crippen LogP contribution in [0.5, 0.6) is 0 Å². The number of nitrogens with one attached hydrogen (secondary N) is 1. The van der Waals surface area contributed by atoms with Gasteiger partial charge in [-0.15, -0.1) is 0 Å². The first-order valence-electron chi connectivity index (χ1n) is 8.78. The van der Waals surface area contributed by atoms with Gasteiger partial charge in [0.05, 0.1) is 0 Å². The highest BCUT2D eigenvalue weighted by molar-refractivity contribution is 6.38. The highest BCUT2D eigenvalue weighted by atomic mass is 16.2. The normalized spacial score (nSPS) is 11.6. The van der Waals surface area contributed by atoms with Gasteiger partial charge in [0.25, 0.3) is 11.8 Å². The molecule has 0 radical (unpaired) electrons. The van der Waals surface area contributed by atoms with Crippen molar-refractivity contribution in [2.75, 3.05) is 0 Å². The van der Waals surface area contributed by atoms with Crippen molar-refractivity contribution in [2.45, 2.75) is 19.0 Å². The molecule has 0 aliphatic rings. The van der Waals surface area contributed by atoms with E-state index in [4.69, 9.17) is 5.73 Å². The number of carbonyl (C=O) groups excluding carboxylic acids is 3. The lowest BCUT2D eigenvalue weighted by Crippen LogP contribution is -2.47. The number of hydrogen-bond donors (Lipinski definition) is 2. The molecule has 7 heteroatoms. The fourth-order valence-corrected chi connectivity index (χ4v) is 2.88. The van der Waals surface area contributed by atoms with E-state index in [0.29, 0.717) is 6.54 Å². The van der Waals surface area contributed by atoms with E-state index in [0.717, 1.165) is 11.1 Å². The molecule has 0 fully saturated rings. The third-order valence-corrected chi connectivity index (χ3v) is 4.26. The van der Waals surface area contributed by atoms with Crippen LogP contribution in [0.1, 0.15) is 21.7 Å². The zero-order chi connectivity index (χ0) is 19.9. The van der Waals surface area contributed by atoms with Crippen molar-refractivity contribution in [1.82, 2.24) is 14.9 Å². The average Bonchev–Trinajstić information content (AvgIpc) is 3.16. The molecule has 1 unspecified atom stereocenters. The molecule has 2 aromatic carbocycles. The maximum atomic E-state index is 12.7. The summed E-state index contributed by atoms with van der Waals surface area (Å²) in [4.78, 5) is 40.5. The van der Waals surface area contributed by atoms with E-state index in [1.807, 2.05) is 60.7 Å². The zero-order valence-corrected chi connectivity index (χ0v) is 15.1. The molecule has 142 valence electrons. The molecule has 0 saturated heterocycles. The Labute approximate surface area is 162 Å². The van der Waals surface area contributed by atoms with Crippen LogP contribution < -0.4 is 11.1 Å².